The van der Waals surface area contributed by atoms with Gasteiger partial charge in [-0.15, -0.1) is 6.58 Å². The predicted octanol–water partition coefficient (Wildman–Crippen LogP) is 4.23. The van der Waals surface area contributed by atoms with Gasteiger partial charge in [-0.1, -0.05) is 60.7 Å². The fraction of sp³-hybridized carbons (Fsp3) is 0.267. The number of methoxy groups -OCH3 is 2. The summed E-state index contributed by atoms with van der Waals surface area (Å²) in [5.41, 5.74) is 4.22. The second-order valence-corrected chi connectivity index (χ2v) is 8.22. The molecule has 0 radical (unpaired) electrons. The number of hydrogen-bond donors (Lipinski definition) is 3. The second kappa shape index (κ2) is 17.3. The van der Waals surface area contributed by atoms with Gasteiger partial charge in [0.25, 0.3) is 0 Å². The van der Waals surface area contributed by atoms with Crippen LogP contribution < -0.4 is 20.1 Å². The van der Waals surface area contributed by atoms with Crippen LogP contribution in [0.4, 0.5) is 5.69 Å². The summed E-state index contributed by atoms with van der Waals surface area (Å²) in [7, 11) is 3.19. The lowest BCUT2D eigenvalue weighted by atomic mass is 9.89. The molecule has 0 aliphatic rings. The van der Waals surface area contributed by atoms with Crippen molar-refractivity contribution in [3.63, 3.8) is 0 Å². The van der Waals surface area contributed by atoms with E-state index in [4.69, 9.17) is 9.47 Å². The normalized spacial score (nSPS) is 10.8. The number of benzene rings is 3. The van der Waals surface area contributed by atoms with E-state index in [1.807, 2.05) is 54.6 Å². The van der Waals surface area contributed by atoms with Crippen molar-refractivity contribution < 1.29 is 28.9 Å². The number of rotatable bonds is 15. The minimum atomic E-state index is -0.318. The first-order valence-corrected chi connectivity index (χ1v) is 12.1. The maximum atomic E-state index is 11.3. The molecule has 3 N–H and O–H groups in total. The van der Waals surface area contributed by atoms with E-state index in [0.29, 0.717) is 56.2 Å². The molecule has 0 heterocycles. The van der Waals surface area contributed by atoms with E-state index in [1.54, 1.807) is 32.4 Å². The average Bonchev–Trinajstić information content (AvgIpc) is 2.96. The lowest BCUT2D eigenvalue weighted by Gasteiger charge is -2.22. The van der Waals surface area contributed by atoms with Gasteiger partial charge in [-0.2, -0.15) is 0 Å². The van der Waals surface area contributed by atoms with Gasteiger partial charge in [0.05, 0.1) is 20.3 Å². The van der Waals surface area contributed by atoms with Crippen LogP contribution in [0.15, 0.2) is 79.4 Å². The summed E-state index contributed by atoms with van der Waals surface area (Å²) < 4.78 is 16.1. The summed E-state index contributed by atoms with van der Waals surface area (Å²) in [6.45, 7) is 4.68. The zero-order chi connectivity index (χ0) is 27.6. The first-order valence-electron chi connectivity index (χ1n) is 12.1. The molecule has 0 aromatic heterocycles. The van der Waals surface area contributed by atoms with Crippen molar-refractivity contribution >= 4 is 18.5 Å². The molecule has 0 bridgehead atoms. The van der Waals surface area contributed by atoms with Gasteiger partial charge in [0.1, 0.15) is 6.61 Å². The van der Waals surface area contributed by atoms with Crippen LogP contribution in [0.5, 0.6) is 11.5 Å². The Kier molecular flexibility index (Phi) is 13.7. The molecule has 0 fully saturated rings. The Hall–Kier alpha value is -4.14. The van der Waals surface area contributed by atoms with Gasteiger partial charge < -0.3 is 30.0 Å². The van der Waals surface area contributed by atoms with Crippen molar-refractivity contribution in [1.29, 1.82) is 0 Å². The second-order valence-electron chi connectivity index (χ2n) is 8.22. The number of hydrogen-bond acceptors (Lipinski definition) is 6. The number of aliphatic hydroxyl groups is 1. The van der Waals surface area contributed by atoms with Crippen LogP contribution in [0.1, 0.15) is 28.2 Å². The van der Waals surface area contributed by atoms with Crippen LogP contribution in [0.25, 0.3) is 0 Å². The minimum absolute atomic E-state index is 0.143. The highest BCUT2D eigenvalue weighted by Gasteiger charge is 2.21. The molecular weight excluding hydrogens is 484 g/mol. The Balaban J connectivity index is 0.000000926. The Morgan fingerprint density at radius 3 is 2.24 bits per heavy atom. The topological polar surface area (TPSA) is 106 Å². The highest BCUT2D eigenvalue weighted by molar-refractivity contribution is 5.76. The van der Waals surface area contributed by atoms with Crippen LogP contribution in [-0.4, -0.2) is 45.4 Å². The monoisotopic (exact) mass is 520 g/mol. The first-order chi connectivity index (χ1) is 18.6. The molecular formula is C30H36N2O6. The summed E-state index contributed by atoms with van der Waals surface area (Å²) in [5, 5.41) is 15.6. The van der Waals surface area contributed by atoms with E-state index in [2.05, 4.69) is 21.9 Å². The molecule has 8 nitrogen and oxygen atoms in total. The number of carbonyl (C=O) groups excluding carboxylic acids is 2. The predicted molar refractivity (Wildman–Crippen MR) is 148 cm³/mol. The Labute approximate surface area is 224 Å². The zero-order valence-electron chi connectivity index (χ0n) is 21.9. The fourth-order valence-electron chi connectivity index (χ4n) is 3.85. The molecule has 0 saturated heterocycles. The van der Waals surface area contributed by atoms with Crippen LogP contribution in [-0.2, 0) is 33.9 Å². The molecule has 1 unspecified atom stereocenters. The van der Waals surface area contributed by atoms with E-state index in [1.165, 1.54) is 0 Å². The molecule has 3 aromatic rings. The van der Waals surface area contributed by atoms with Crippen LogP contribution in [0, 0.1) is 0 Å². The van der Waals surface area contributed by atoms with Gasteiger partial charge in [-0.05, 0) is 34.7 Å². The van der Waals surface area contributed by atoms with E-state index < -0.39 is 0 Å². The molecule has 1 atom stereocenters. The number of aliphatic hydroxyl groups excluding tert-OH is 1. The van der Waals surface area contributed by atoms with Gasteiger partial charge in [-0.3, -0.25) is 9.59 Å². The molecule has 0 saturated carbocycles. The summed E-state index contributed by atoms with van der Waals surface area (Å²) in [6, 6.07) is 21.0. The fourth-order valence-corrected chi connectivity index (χ4v) is 3.85. The van der Waals surface area contributed by atoms with Gasteiger partial charge in [0, 0.05) is 31.3 Å². The van der Waals surface area contributed by atoms with Gasteiger partial charge in [0.2, 0.25) is 12.8 Å². The third-order valence-corrected chi connectivity index (χ3v) is 5.69. The SMILES string of the molecule is C=CCOC.COc1cc(C(CO)Cc2ccccc2CNC=O)c(NC=O)cc1OCc1ccccc1. The van der Waals surface area contributed by atoms with Gasteiger partial charge >= 0.3 is 0 Å². The third kappa shape index (κ3) is 9.38. The summed E-state index contributed by atoms with van der Waals surface area (Å²) in [6.07, 6.45) is 3.47. The molecule has 0 aliphatic heterocycles. The van der Waals surface area contributed by atoms with Crippen molar-refractivity contribution in [2.75, 3.05) is 32.8 Å². The Bertz CT molecular complexity index is 1140. The number of nitrogens with one attached hydrogen (secondary N) is 2. The third-order valence-electron chi connectivity index (χ3n) is 5.69. The number of carbonyl (C=O) groups is 2. The van der Waals surface area contributed by atoms with E-state index in [-0.39, 0.29) is 12.5 Å². The average molecular weight is 521 g/mol. The van der Waals surface area contributed by atoms with Crippen molar-refractivity contribution in [2.24, 2.45) is 0 Å². The first kappa shape index (κ1) is 30.1. The molecule has 38 heavy (non-hydrogen) atoms. The maximum Gasteiger partial charge on any atom is 0.211 e. The molecule has 0 aliphatic carbocycles. The van der Waals surface area contributed by atoms with Crippen molar-refractivity contribution in [3.05, 3.63) is 102 Å². The highest BCUT2D eigenvalue weighted by atomic mass is 16.5. The Morgan fingerprint density at radius 1 is 0.947 bits per heavy atom. The van der Waals surface area contributed by atoms with Crippen molar-refractivity contribution in [2.45, 2.75) is 25.5 Å². The quantitative estimate of drug-likeness (QED) is 0.205. The molecule has 8 heteroatoms. The number of anilines is 1. The van der Waals surface area contributed by atoms with Crippen molar-refractivity contribution in [1.82, 2.24) is 5.32 Å². The molecule has 202 valence electrons. The number of amides is 2. The van der Waals surface area contributed by atoms with Crippen molar-refractivity contribution in [3.8, 4) is 11.5 Å². The van der Waals surface area contributed by atoms with Crippen LogP contribution >= 0.6 is 0 Å². The molecule has 3 rings (SSSR count). The smallest absolute Gasteiger partial charge is 0.211 e. The Morgan fingerprint density at radius 2 is 1.66 bits per heavy atom. The van der Waals surface area contributed by atoms with E-state index >= 15 is 0 Å². The maximum absolute atomic E-state index is 11.3. The van der Waals surface area contributed by atoms with Gasteiger partial charge in [-0.25, -0.2) is 0 Å². The zero-order valence-corrected chi connectivity index (χ0v) is 21.9. The van der Waals surface area contributed by atoms with E-state index in [9.17, 15) is 14.7 Å². The van der Waals surface area contributed by atoms with Crippen LogP contribution in [0.2, 0.25) is 0 Å². The van der Waals surface area contributed by atoms with Gasteiger partial charge in [0.15, 0.2) is 11.5 Å². The summed E-state index contributed by atoms with van der Waals surface area (Å²) in [4.78, 5) is 22.1. The number of ether oxygens (including phenoxy) is 3. The summed E-state index contributed by atoms with van der Waals surface area (Å²) >= 11 is 0. The standard InChI is InChI=1S/C26H28N2O5.C4H8O/c1-32-25-12-23(22(15-29)11-20-9-5-6-10-21(20)14-27-17-30)24(28-18-31)13-26(25)33-16-19-7-3-2-4-8-19;1-3-4-5-2/h2-10,12-13,17-18,22,29H,11,14-16H2,1H3,(H,27,30)(H,28,31);3H,1,4H2,2H3. The largest absolute Gasteiger partial charge is 0.493 e. The molecule has 3 aromatic carbocycles. The lowest BCUT2D eigenvalue weighted by Crippen LogP contribution is -2.15. The summed E-state index contributed by atoms with van der Waals surface area (Å²) in [5.74, 6) is 0.676. The molecule has 0 spiro atoms. The highest BCUT2D eigenvalue weighted by Crippen LogP contribution is 2.38. The minimum Gasteiger partial charge on any atom is -0.493 e. The van der Waals surface area contributed by atoms with E-state index in [0.717, 1.165) is 22.3 Å². The molecule has 2 amide bonds. The lowest BCUT2D eigenvalue weighted by molar-refractivity contribution is -0.109. The van der Waals surface area contributed by atoms with Crippen LogP contribution in [0.3, 0.4) is 0 Å².